The lowest BCUT2D eigenvalue weighted by molar-refractivity contribution is -0.116. The molecule has 0 radical (unpaired) electrons. The predicted molar refractivity (Wildman–Crippen MR) is 128 cm³/mol. The van der Waals surface area contributed by atoms with Gasteiger partial charge in [-0.25, -0.2) is 9.97 Å². The highest BCUT2D eigenvalue weighted by molar-refractivity contribution is 7.99. The van der Waals surface area contributed by atoms with E-state index >= 15 is 0 Å². The van der Waals surface area contributed by atoms with Crippen LogP contribution < -0.4 is 5.56 Å². The Hall–Kier alpha value is -2.58. The fourth-order valence-corrected chi connectivity index (χ4v) is 6.59. The van der Waals surface area contributed by atoms with E-state index in [2.05, 4.69) is 22.6 Å². The maximum absolute atomic E-state index is 13.3. The van der Waals surface area contributed by atoms with Gasteiger partial charge < -0.3 is 0 Å². The van der Waals surface area contributed by atoms with Crippen molar-refractivity contribution in [2.24, 2.45) is 0 Å². The fraction of sp³-hybridized carbons (Fsp3) is 0.190. The number of aryl methyl sites for hydroxylation is 1. The van der Waals surface area contributed by atoms with Crippen molar-refractivity contribution in [3.63, 3.8) is 0 Å². The molecule has 4 aromatic heterocycles. The number of thioether (sulfide) groups is 1. The van der Waals surface area contributed by atoms with Crippen LogP contribution in [0.3, 0.4) is 0 Å². The molecule has 0 aromatic carbocycles. The Kier molecular flexibility index (Phi) is 6.48. The number of hydrogen-bond donors (Lipinski definition) is 0. The fourth-order valence-electron chi connectivity index (χ4n) is 3.01. The third kappa shape index (κ3) is 4.27. The van der Waals surface area contributed by atoms with Crippen LogP contribution in [0.2, 0.25) is 0 Å². The normalized spacial score (nSPS) is 12.0. The molecule has 10 heteroatoms. The summed E-state index contributed by atoms with van der Waals surface area (Å²) in [5.74, 6) is -1.15. The monoisotopic (exact) mass is 484 g/mol. The lowest BCUT2D eigenvalue weighted by atomic mass is 10.1. The molecule has 156 valence electrons. The number of thiophene rings is 2. The van der Waals surface area contributed by atoms with Gasteiger partial charge in [-0.15, -0.1) is 40.6 Å². The van der Waals surface area contributed by atoms with Crippen LogP contribution in [-0.4, -0.2) is 26.1 Å². The number of allylic oxidation sites excluding steroid dienone is 1. The number of thiazole rings is 1. The number of hydrogen-bond acceptors (Lipinski definition) is 9. The third-order valence-corrected chi connectivity index (χ3v) is 8.24. The molecule has 1 atom stereocenters. The summed E-state index contributed by atoms with van der Waals surface area (Å²) in [6.45, 7) is 5.86. The zero-order valence-electron chi connectivity index (χ0n) is 16.4. The first-order valence-electron chi connectivity index (χ1n) is 9.17. The van der Waals surface area contributed by atoms with E-state index in [0.29, 0.717) is 20.4 Å². The van der Waals surface area contributed by atoms with E-state index in [4.69, 9.17) is 0 Å². The SMILES string of the molecule is C=CCn1c(SCC(=O)C(C#N)c2nc(C)cs2)nc2scc(-c3cccs3)c2c1=O. The quantitative estimate of drug-likeness (QED) is 0.196. The van der Waals surface area contributed by atoms with Crippen LogP contribution in [0, 0.1) is 18.3 Å². The molecule has 6 nitrogen and oxygen atoms in total. The van der Waals surface area contributed by atoms with Crippen molar-refractivity contribution in [3.05, 3.63) is 62.0 Å². The minimum atomic E-state index is -0.915. The Morgan fingerprint density at radius 1 is 1.35 bits per heavy atom. The van der Waals surface area contributed by atoms with E-state index < -0.39 is 5.92 Å². The molecule has 0 saturated heterocycles. The topological polar surface area (TPSA) is 88.6 Å². The molecule has 1 unspecified atom stereocenters. The second-order valence-electron chi connectivity index (χ2n) is 6.55. The summed E-state index contributed by atoms with van der Waals surface area (Å²) < 4.78 is 1.53. The van der Waals surface area contributed by atoms with Crippen LogP contribution in [0.15, 0.2) is 50.9 Å². The summed E-state index contributed by atoms with van der Waals surface area (Å²) in [6.07, 6.45) is 1.63. The smallest absolute Gasteiger partial charge is 0.263 e. The molecule has 0 aliphatic carbocycles. The minimum absolute atomic E-state index is 0.0229. The maximum atomic E-state index is 13.3. The molecule has 4 rings (SSSR count). The van der Waals surface area contributed by atoms with Crippen LogP contribution in [-0.2, 0) is 11.3 Å². The maximum Gasteiger partial charge on any atom is 0.263 e. The molecule has 4 heterocycles. The number of nitriles is 1. The molecule has 0 aliphatic heterocycles. The van der Waals surface area contributed by atoms with Gasteiger partial charge in [0.25, 0.3) is 5.56 Å². The van der Waals surface area contributed by atoms with Gasteiger partial charge in [-0.3, -0.25) is 14.2 Å². The second kappa shape index (κ2) is 9.28. The van der Waals surface area contributed by atoms with Gasteiger partial charge >= 0.3 is 0 Å². The van der Waals surface area contributed by atoms with Crippen LogP contribution in [0.1, 0.15) is 16.6 Å². The molecule has 0 N–H and O–H groups in total. The molecule has 31 heavy (non-hydrogen) atoms. The van der Waals surface area contributed by atoms with Crippen LogP contribution in [0.4, 0.5) is 0 Å². The minimum Gasteiger partial charge on any atom is -0.297 e. The molecule has 0 bridgehead atoms. The highest BCUT2D eigenvalue weighted by Crippen LogP contribution is 2.34. The van der Waals surface area contributed by atoms with Crippen molar-refractivity contribution in [1.82, 2.24) is 14.5 Å². The van der Waals surface area contributed by atoms with Crippen molar-refractivity contribution in [2.75, 3.05) is 5.75 Å². The lowest BCUT2D eigenvalue weighted by Crippen LogP contribution is -2.23. The summed E-state index contributed by atoms with van der Waals surface area (Å²) in [5, 5.41) is 16.7. The number of ketones is 1. The van der Waals surface area contributed by atoms with E-state index in [1.165, 1.54) is 39.0 Å². The van der Waals surface area contributed by atoms with Gasteiger partial charge in [-0.1, -0.05) is 23.9 Å². The first-order chi connectivity index (χ1) is 15.0. The molecule has 0 saturated carbocycles. The summed E-state index contributed by atoms with van der Waals surface area (Å²) in [7, 11) is 0. The largest absolute Gasteiger partial charge is 0.297 e. The van der Waals surface area contributed by atoms with Crippen LogP contribution in [0.5, 0.6) is 0 Å². The highest BCUT2D eigenvalue weighted by Gasteiger charge is 2.25. The van der Waals surface area contributed by atoms with Crippen molar-refractivity contribution < 1.29 is 4.79 Å². The van der Waals surface area contributed by atoms with E-state index in [0.717, 1.165) is 16.1 Å². The number of nitrogens with zero attached hydrogens (tertiary/aromatic N) is 4. The number of Topliss-reactive ketones (excluding diaryl/α,β-unsaturated/α-hetero) is 1. The Morgan fingerprint density at radius 3 is 2.84 bits per heavy atom. The Balaban J connectivity index is 1.66. The van der Waals surface area contributed by atoms with Gasteiger partial charge in [0, 0.05) is 33.4 Å². The summed E-state index contributed by atoms with van der Waals surface area (Å²) in [5.41, 5.74) is 1.50. The standard InChI is InChI=1S/C21H16N4O2S4/c1-3-6-25-20(27)17-14(16-5-4-7-28-16)10-30-19(17)24-21(25)31-11-15(26)13(8-22)18-23-12(2)9-29-18/h3-5,7,9-10,13H,1,6,11H2,2H3. The Morgan fingerprint density at radius 2 is 2.19 bits per heavy atom. The number of carbonyl (C=O) groups is 1. The van der Waals surface area contributed by atoms with E-state index in [-0.39, 0.29) is 23.6 Å². The highest BCUT2D eigenvalue weighted by atomic mass is 32.2. The van der Waals surface area contributed by atoms with Gasteiger partial charge in [0.15, 0.2) is 16.9 Å². The van der Waals surface area contributed by atoms with Crippen molar-refractivity contribution in [3.8, 4) is 16.5 Å². The molecule has 0 amide bonds. The van der Waals surface area contributed by atoms with Gasteiger partial charge in [0.2, 0.25) is 0 Å². The van der Waals surface area contributed by atoms with Crippen LogP contribution in [0.25, 0.3) is 20.7 Å². The molecule has 0 aliphatic rings. The van der Waals surface area contributed by atoms with Gasteiger partial charge in [-0.2, -0.15) is 5.26 Å². The molecule has 4 aromatic rings. The van der Waals surface area contributed by atoms with Crippen LogP contribution >= 0.6 is 45.8 Å². The van der Waals surface area contributed by atoms with E-state index in [1.807, 2.05) is 35.2 Å². The summed E-state index contributed by atoms with van der Waals surface area (Å²) >= 11 is 5.45. The van der Waals surface area contributed by atoms with E-state index in [1.54, 1.807) is 17.4 Å². The summed E-state index contributed by atoms with van der Waals surface area (Å²) in [4.78, 5) is 36.6. The third-order valence-electron chi connectivity index (χ3n) is 4.44. The van der Waals surface area contributed by atoms with E-state index in [9.17, 15) is 14.9 Å². The second-order valence-corrected chi connectivity index (χ2v) is 10.2. The molecule has 0 spiro atoms. The van der Waals surface area contributed by atoms with Crippen molar-refractivity contribution in [2.45, 2.75) is 24.5 Å². The average Bonchev–Trinajstić information content (AvgIpc) is 3.50. The lowest BCUT2D eigenvalue weighted by Gasteiger charge is -2.11. The predicted octanol–water partition coefficient (Wildman–Crippen LogP) is 5.11. The van der Waals surface area contributed by atoms with Gasteiger partial charge in [0.05, 0.1) is 17.2 Å². The zero-order valence-corrected chi connectivity index (χ0v) is 19.7. The number of aromatic nitrogens is 3. The molecular formula is C21H16N4O2S4. The Bertz CT molecular complexity index is 1360. The van der Waals surface area contributed by atoms with Gasteiger partial charge in [0.1, 0.15) is 9.84 Å². The first kappa shape index (κ1) is 21.6. The number of fused-ring (bicyclic) bond motifs is 1. The molecule has 0 fully saturated rings. The summed E-state index contributed by atoms with van der Waals surface area (Å²) in [6, 6.07) is 5.98. The molecular weight excluding hydrogens is 469 g/mol. The van der Waals surface area contributed by atoms with Crippen molar-refractivity contribution >= 4 is 61.8 Å². The zero-order chi connectivity index (χ0) is 22.0. The van der Waals surface area contributed by atoms with Gasteiger partial charge in [-0.05, 0) is 18.4 Å². The first-order valence-corrected chi connectivity index (χ1v) is 12.8. The van der Waals surface area contributed by atoms with Crippen molar-refractivity contribution in [1.29, 1.82) is 5.26 Å². The Labute approximate surface area is 194 Å². The number of carbonyl (C=O) groups excluding carboxylic acids is 1. The average molecular weight is 485 g/mol. The number of rotatable bonds is 8.